The van der Waals surface area contributed by atoms with Crippen molar-refractivity contribution in [1.82, 2.24) is 19.7 Å². The average Bonchev–Trinajstić information content (AvgIpc) is 3.02. The van der Waals surface area contributed by atoms with Crippen molar-refractivity contribution in [2.24, 2.45) is 0 Å². The van der Waals surface area contributed by atoms with Crippen molar-refractivity contribution < 1.29 is 4.52 Å². The number of benzene rings is 1. The summed E-state index contributed by atoms with van der Waals surface area (Å²) in [5.74, 6) is 1.22. The lowest BCUT2D eigenvalue weighted by atomic mass is 10.1. The number of nitrogens with zero attached hydrogens (tertiary/aromatic N) is 4. The minimum absolute atomic E-state index is 0.530. The third kappa shape index (κ3) is 3.00. The number of imidazole rings is 1. The van der Waals surface area contributed by atoms with Crippen LogP contribution >= 0.6 is 11.6 Å². The lowest BCUT2D eigenvalue weighted by molar-refractivity contribution is 0.367. The largest absolute Gasteiger partial charge is 0.337 e. The summed E-state index contributed by atoms with van der Waals surface area (Å²) in [6, 6.07) is 7.63. The first-order valence-electron chi connectivity index (χ1n) is 5.81. The van der Waals surface area contributed by atoms with Gasteiger partial charge in [0.05, 0.1) is 6.33 Å². The highest BCUT2D eigenvalue weighted by molar-refractivity contribution is 6.30. The molecular formula is C13H11ClN4O. The zero-order chi connectivity index (χ0) is 13.1. The summed E-state index contributed by atoms with van der Waals surface area (Å²) in [5.41, 5.74) is 1.06. The summed E-state index contributed by atoms with van der Waals surface area (Å²) in [4.78, 5) is 8.30. The van der Waals surface area contributed by atoms with Crippen LogP contribution in [-0.4, -0.2) is 19.7 Å². The second kappa shape index (κ2) is 5.24. The van der Waals surface area contributed by atoms with Gasteiger partial charge in [-0.3, -0.25) is 0 Å². The second-order valence-electron chi connectivity index (χ2n) is 4.15. The molecule has 0 unspecified atom stereocenters. The quantitative estimate of drug-likeness (QED) is 0.734. The van der Waals surface area contributed by atoms with Gasteiger partial charge in [-0.1, -0.05) is 28.9 Å². The fourth-order valence-corrected chi connectivity index (χ4v) is 2.01. The van der Waals surface area contributed by atoms with Gasteiger partial charge in [0.1, 0.15) is 6.54 Å². The summed E-state index contributed by atoms with van der Waals surface area (Å²) in [5, 5.41) is 4.67. The van der Waals surface area contributed by atoms with Gasteiger partial charge in [0.2, 0.25) is 5.89 Å². The molecule has 0 amide bonds. The zero-order valence-corrected chi connectivity index (χ0v) is 10.8. The van der Waals surface area contributed by atoms with Crippen molar-refractivity contribution in [2.45, 2.75) is 13.0 Å². The van der Waals surface area contributed by atoms with E-state index in [4.69, 9.17) is 16.1 Å². The van der Waals surface area contributed by atoms with Crippen molar-refractivity contribution in [1.29, 1.82) is 0 Å². The van der Waals surface area contributed by atoms with Gasteiger partial charge in [0.25, 0.3) is 0 Å². The highest BCUT2D eigenvalue weighted by Crippen LogP contribution is 2.13. The Balaban J connectivity index is 1.71. The Morgan fingerprint density at radius 2 is 2.26 bits per heavy atom. The Kier molecular flexibility index (Phi) is 3.29. The third-order valence-electron chi connectivity index (χ3n) is 2.64. The lowest BCUT2D eigenvalue weighted by Gasteiger charge is -1.97. The molecule has 0 N–H and O–H groups in total. The van der Waals surface area contributed by atoms with Crippen molar-refractivity contribution in [3.8, 4) is 0 Å². The number of hydrogen-bond acceptors (Lipinski definition) is 4. The van der Waals surface area contributed by atoms with Gasteiger partial charge >= 0.3 is 0 Å². The standard InChI is InChI=1S/C13H11ClN4O/c14-11-3-1-2-10(6-11)7-12-16-13(19-17-12)8-18-5-4-15-9-18/h1-6,9H,7-8H2. The number of rotatable bonds is 4. The van der Waals surface area contributed by atoms with Crippen LogP contribution in [0.3, 0.4) is 0 Å². The molecule has 0 aliphatic heterocycles. The molecular weight excluding hydrogens is 264 g/mol. The first-order chi connectivity index (χ1) is 9.29. The molecule has 96 valence electrons. The molecule has 3 rings (SSSR count). The minimum Gasteiger partial charge on any atom is -0.337 e. The Bertz CT molecular complexity index is 663. The Hall–Kier alpha value is -2.14. The fourth-order valence-electron chi connectivity index (χ4n) is 1.79. The summed E-state index contributed by atoms with van der Waals surface area (Å²) in [6.45, 7) is 0.530. The van der Waals surface area contributed by atoms with Gasteiger partial charge in [0, 0.05) is 23.8 Å². The molecule has 2 aromatic heterocycles. The van der Waals surface area contributed by atoms with E-state index >= 15 is 0 Å². The summed E-state index contributed by atoms with van der Waals surface area (Å²) >= 11 is 5.94. The van der Waals surface area contributed by atoms with Crippen molar-refractivity contribution in [2.75, 3.05) is 0 Å². The molecule has 1 aromatic carbocycles. The van der Waals surface area contributed by atoms with Crippen molar-refractivity contribution in [3.63, 3.8) is 0 Å². The SMILES string of the molecule is Clc1cccc(Cc2noc(Cn3ccnc3)n2)c1. The molecule has 0 saturated carbocycles. The van der Waals surface area contributed by atoms with Crippen LogP contribution in [0.15, 0.2) is 47.5 Å². The molecule has 3 aromatic rings. The van der Waals surface area contributed by atoms with Crippen LogP contribution in [0.4, 0.5) is 0 Å². The normalized spacial score (nSPS) is 10.8. The molecule has 2 heterocycles. The minimum atomic E-state index is 0.530. The van der Waals surface area contributed by atoms with E-state index < -0.39 is 0 Å². The van der Waals surface area contributed by atoms with Gasteiger partial charge < -0.3 is 9.09 Å². The maximum Gasteiger partial charge on any atom is 0.246 e. The summed E-state index contributed by atoms with van der Waals surface area (Å²) < 4.78 is 7.07. The van der Waals surface area contributed by atoms with Gasteiger partial charge in [-0.15, -0.1) is 0 Å². The van der Waals surface area contributed by atoms with Gasteiger partial charge in [-0.25, -0.2) is 4.98 Å². The van der Waals surface area contributed by atoms with Crippen molar-refractivity contribution >= 4 is 11.6 Å². The van der Waals surface area contributed by atoms with E-state index in [0.29, 0.717) is 29.7 Å². The molecule has 5 nitrogen and oxygen atoms in total. The predicted molar refractivity (Wildman–Crippen MR) is 69.9 cm³/mol. The van der Waals surface area contributed by atoms with Gasteiger partial charge in [-0.2, -0.15) is 4.98 Å². The number of halogens is 1. The zero-order valence-electron chi connectivity index (χ0n) is 10.0. The molecule has 0 fully saturated rings. The molecule has 0 saturated heterocycles. The van der Waals surface area contributed by atoms with Crippen LogP contribution in [0, 0.1) is 0 Å². The topological polar surface area (TPSA) is 56.7 Å². The van der Waals surface area contributed by atoms with Gasteiger partial charge in [0.15, 0.2) is 5.82 Å². The van der Waals surface area contributed by atoms with Crippen molar-refractivity contribution in [3.05, 3.63) is 65.3 Å². The van der Waals surface area contributed by atoms with E-state index in [0.717, 1.165) is 5.56 Å². The van der Waals surface area contributed by atoms with E-state index in [2.05, 4.69) is 15.1 Å². The maximum absolute atomic E-state index is 5.94. The molecule has 6 heteroatoms. The molecule has 0 spiro atoms. The molecule has 0 aliphatic carbocycles. The van der Waals surface area contributed by atoms with Crippen LogP contribution in [0.5, 0.6) is 0 Å². The maximum atomic E-state index is 5.94. The lowest BCUT2D eigenvalue weighted by Crippen LogP contribution is -1.97. The van der Waals surface area contributed by atoms with Crippen LogP contribution in [-0.2, 0) is 13.0 Å². The second-order valence-corrected chi connectivity index (χ2v) is 4.58. The molecule has 0 bridgehead atoms. The number of hydrogen-bond donors (Lipinski definition) is 0. The monoisotopic (exact) mass is 274 g/mol. The van der Waals surface area contributed by atoms with Crippen LogP contribution < -0.4 is 0 Å². The van der Waals surface area contributed by atoms with Crippen LogP contribution in [0.1, 0.15) is 17.3 Å². The Morgan fingerprint density at radius 1 is 1.32 bits per heavy atom. The van der Waals surface area contributed by atoms with Crippen LogP contribution in [0.2, 0.25) is 5.02 Å². The predicted octanol–water partition coefficient (Wildman–Crippen LogP) is 2.56. The highest BCUT2D eigenvalue weighted by atomic mass is 35.5. The van der Waals surface area contributed by atoms with Crippen LogP contribution in [0.25, 0.3) is 0 Å². The molecule has 0 aliphatic rings. The summed E-state index contributed by atoms with van der Waals surface area (Å²) in [6.07, 6.45) is 5.87. The third-order valence-corrected chi connectivity index (χ3v) is 2.87. The average molecular weight is 275 g/mol. The molecule has 0 atom stereocenters. The fraction of sp³-hybridized carbons (Fsp3) is 0.154. The van der Waals surface area contributed by atoms with E-state index in [1.165, 1.54) is 0 Å². The Labute approximate surface area is 114 Å². The van der Waals surface area contributed by atoms with E-state index in [1.807, 2.05) is 35.0 Å². The molecule has 0 radical (unpaired) electrons. The van der Waals surface area contributed by atoms with E-state index in [-0.39, 0.29) is 0 Å². The first-order valence-corrected chi connectivity index (χ1v) is 6.19. The smallest absolute Gasteiger partial charge is 0.246 e. The summed E-state index contributed by atoms with van der Waals surface area (Å²) in [7, 11) is 0. The number of aromatic nitrogens is 4. The van der Waals surface area contributed by atoms with E-state index in [1.54, 1.807) is 12.5 Å². The molecule has 19 heavy (non-hydrogen) atoms. The first kappa shape index (κ1) is 11.9. The Morgan fingerprint density at radius 3 is 3.05 bits per heavy atom. The highest BCUT2D eigenvalue weighted by Gasteiger charge is 2.07. The van der Waals surface area contributed by atoms with E-state index in [9.17, 15) is 0 Å². The van der Waals surface area contributed by atoms with Gasteiger partial charge in [-0.05, 0) is 17.7 Å².